The minimum Gasteiger partial charge on any atom is -0.473 e. The average molecular weight is 347 g/mol. The monoisotopic (exact) mass is 347 g/mol. The van der Waals surface area contributed by atoms with Gasteiger partial charge in [0, 0.05) is 24.4 Å². The Morgan fingerprint density at radius 1 is 1.20 bits per heavy atom. The van der Waals surface area contributed by atoms with Gasteiger partial charge in [-0.1, -0.05) is 32.0 Å². The van der Waals surface area contributed by atoms with Crippen LogP contribution in [-0.2, 0) is 11.4 Å². The van der Waals surface area contributed by atoms with Crippen LogP contribution in [0, 0.1) is 13.8 Å². The number of carbonyl (C=O) groups excluding carboxylic acids is 1. The van der Waals surface area contributed by atoms with Crippen LogP contribution in [0.4, 0.5) is 5.69 Å². The number of nitrogens with two attached hydrogens (primary N) is 2. The second-order valence-electron chi connectivity index (χ2n) is 4.88. The van der Waals surface area contributed by atoms with Gasteiger partial charge in [0.1, 0.15) is 6.61 Å². The van der Waals surface area contributed by atoms with Crippen molar-refractivity contribution in [2.24, 2.45) is 11.7 Å². The predicted octanol–water partition coefficient (Wildman–Crippen LogP) is 2.22. The van der Waals surface area contributed by atoms with E-state index in [9.17, 15) is 0 Å². The highest BCUT2D eigenvalue weighted by Crippen LogP contribution is 2.23. The molecular formula is C18H29N5O2. The second kappa shape index (κ2) is 12.7. The van der Waals surface area contributed by atoms with Crippen LogP contribution in [-0.4, -0.2) is 18.4 Å². The van der Waals surface area contributed by atoms with E-state index in [2.05, 4.69) is 23.8 Å². The molecule has 25 heavy (non-hydrogen) atoms. The Hall–Kier alpha value is -2.64. The third-order valence-electron chi connectivity index (χ3n) is 3.15. The van der Waals surface area contributed by atoms with Crippen molar-refractivity contribution in [2.45, 2.75) is 34.3 Å². The Morgan fingerprint density at radius 3 is 2.32 bits per heavy atom. The van der Waals surface area contributed by atoms with E-state index in [0.29, 0.717) is 18.9 Å². The Kier molecular flexibility index (Phi) is 11.4. The molecule has 0 bridgehead atoms. The quantitative estimate of drug-likeness (QED) is 0.331. The summed E-state index contributed by atoms with van der Waals surface area (Å²) in [6.45, 7) is 8.49. The fraction of sp³-hybridized carbons (Fsp3) is 0.333. The zero-order valence-electron chi connectivity index (χ0n) is 15.6. The number of benzene rings is 1. The molecular weight excluding hydrogens is 318 g/mol. The lowest BCUT2D eigenvalue weighted by Crippen LogP contribution is -2.26. The number of pyridine rings is 1. The average Bonchev–Trinajstić information content (AvgIpc) is 2.63. The number of nitrogens with zero attached hydrogens (tertiary/aromatic N) is 2. The van der Waals surface area contributed by atoms with Gasteiger partial charge in [-0.2, -0.15) is 0 Å². The molecule has 1 amide bonds. The van der Waals surface area contributed by atoms with Gasteiger partial charge in [-0.25, -0.2) is 16.7 Å². The summed E-state index contributed by atoms with van der Waals surface area (Å²) < 4.78 is 5.80. The number of nitrogens with one attached hydrogen (secondary N) is 1. The molecule has 0 aliphatic heterocycles. The first kappa shape index (κ1) is 22.4. The Balaban J connectivity index is 0.000000845. The largest absolute Gasteiger partial charge is 0.473 e. The fourth-order valence-electron chi connectivity index (χ4n) is 1.97. The van der Waals surface area contributed by atoms with E-state index >= 15 is 0 Å². The predicted molar refractivity (Wildman–Crippen MR) is 102 cm³/mol. The molecule has 0 spiro atoms. The van der Waals surface area contributed by atoms with Gasteiger partial charge in [-0.15, -0.1) is 0 Å². The smallest absolute Gasteiger partial charge is 0.221 e. The van der Waals surface area contributed by atoms with Crippen LogP contribution in [0.2, 0.25) is 0 Å². The van der Waals surface area contributed by atoms with Crippen molar-refractivity contribution in [1.29, 1.82) is 0 Å². The van der Waals surface area contributed by atoms with Gasteiger partial charge in [-0.3, -0.25) is 10.2 Å². The van der Waals surface area contributed by atoms with Crippen LogP contribution >= 0.6 is 0 Å². The molecule has 0 unspecified atom stereocenters. The molecule has 138 valence electrons. The van der Waals surface area contributed by atoms with E-state index in [1.807, 2.05) is 52.1 Å². The van der Waals surface area contributed by atoms with Gasteiger partial charge in [0.05, 0.1) is 5.69 Å². The number of aryl methyl sites for hydroxylation is 2. The third-order valence-corrected chi connectivity index (χ3v) is 3.15. The molecule has 7 heteroatoms. The molecule has 0 radical (unpaired) electrons. The Bertz CT molecular complexity index is 633. The summed E-state index contributed by atoms with van der Waals surface area (Å²) in [4.78, 5) is 13.2. The van der Waals surface area contributed by atoms with Gasteiger partial charge in [0.15, 0.2) is 0 Å². The van der Waals surface area contributed by atoms with Gasteiger partial charge >= 0.3 is 0 Å². The van der Waals surface area contributed by atoms with Crippen LogP contribution in [0.5, 0.6) is 5.88 Å². The number of ether oxygens (including phenoxy) is 1. The van der Waals surface area contributed by atoms with E-state index in [0.717, 1.165) is 22.4 Å². The fourth-order valence-corrected chi connectivity index (χ4v) is 1.97. The minimum atomic E-state index is 0.403. The number of carbonyl (C=O) groups is 1. The van der Waals surface area contributed by atoms with Gasteiger partial charge in [0.2, 0.25) is 12.3 Å². The molecule has 0 fully saturated rings. The first-order chi connectivity index (χ1) is 12.0. The summed E-state index contributed by atoms with van der Waals surface area (Å²) in [7, 11) is 1.82. The third kappa shape index (κ3) is 7.65. The standard InChI is InChI=1S/C15H19N3O.C2H6.CH4N2O/c1-11-6-4-8-14(18(3)16)13(11)10-19-15-12(2)7-5-9-17-15;1-2;2-3-1-4/h4-9H,10,16H2,1-3H3;1-2H3;1H,2H2,(H,3,4). The number of hydrazine groups is 2. The summed E-state index contributed by atoms with van der Waals surface area (Å²) in [5, 5.41) is 1.61. The van der Waals surface area contributed by atoms with E-state index in [1.165, 1.54) is 0 Å². The number of hydrogen-bond donors (Lipinski definition) is 3. The van der Waals surface area contributed by atoms with Crippen molar-refractivity contribution in [3.05, 3.63) is 53.2 Å². The summed E-state index contributed by atoms with van der Waals surface area (Å²) in [5.41, 5.74) is 5.98. The number of rotatable bonds is 5. The number of hydrogen-bond acceptors (Lipinski definition) is 6. The molecule has 1 heterocycles. The van der Waals surface area contributed by atoms with Crippen molar-refractivity contribution >= 4 is 12.1 Å². The zero-order valence-corrected chi connectivity index (χ0v) is 15.6. The van der Waals surface area contributed by atoms with Crippen molar-refractivity contribution < 1.29 is 9.53 Å². The second-order valence-corrected chi connectivity index (χ2v) is 4.88. The zero-order chi connectivity index (χ0) is 19.2. The summed E-state index contributed by atoms with van der Waals surface area (Å²) in [6, 6.07) is 9.91. The molecule has 5 N–H and O–H groups in total. The summed E-state index contributed by atoms with van der Waals surface area (Å²) in [5.74, 6) is 10.9. The van der Waals surface area contributed by atoms with Crippen molar-refractivity contribution in [1.82, 2.24) is 10.4 Å². The van der Waals surface area contributed by atoms with Crippen molar-refractivity contribution in [3.63, 3.8) is 0 Å². The topological polar surface area (TPSA) is 106 Å². The lowest BCUT2D eigenvalue weighted by Gasteiger charge is -2.19. The van der Waals surface area contributed by atoms with Crippen molar-refractivity contribution in [2.75, 3.05) is 12.1 Å². The van der Waals surface area contributed by atoms with Gasteiger partial charge in [0.25, 0.3) is 0 Å². The highest BCUT2D eigenvalue weighted by molar-refractivity contribution is 5.55. The molecule has 1 aromatic carbocycles. The Morgan fingerprint density at radius 2 is 1.80 bits per heavy atom. The lowest BCUT2D eigenvalue weighted by atomic mass is 10.1. The van der Waals surface area contributed by atoms with Crippen molar-refractivity contribution in [3.8, 4) is 5.88 Å². The number of aromatic nitrogens is 1. The maximum atomic E-state index is 8.94. The molecule has 0 saturated heterocycles. The Labute approximate surface area is 149 Å². The molecule has 0 atom stereocenters. The molecule has 2 rings (SSSR count). The highest BCUT2D eigenvalue weighted by atomic mass is 16.5. The van der Waals surface area contributed by atoms with E-state index in [4.69, 9.17) is 15.4 Å². The first-order valence-electron chi connectivity index (χ1n) is 8.02. The molecule has 0 aliphatic rings. The normalized spacial score (nSPS) is 8.92. The highest BCUT2D eigenvalue weighted by Gasteiger charge is 2.09. The number of amides is 1. The number of anilines is 1. The maximum Gasteiger partial charge on any atom is 0.221 e. The molecule has 1 aromatic heterocycles. The molecule has 0 saturated carbocycles. The van der Waals surface area contributed by atoms with Gasteiger partial charge < -0.3 is 9.75 Å². The van der Waals surface area contributed by atoms with Crippen LogP contribution in [0.1, 0.15) is 30.5 Å². The molecule has 7 nitrogen and oxygen atoms in total. The summed E-state index contributed by atoms with van der Waals surface area (Å²) in [6.07, 6.45) is 2.14. The SMILES string of the molecule is CC.Cc1cccnc1OCc1c(C)cccc1N(C)N.NNC=O. The van der Waals surface area contributed by atoms with Crippen LogP contribution in [0.15, 0.2) is 36.5 Å². The molecule has 2 aromatic rings. The van der Waals surface area contributed by atoms with E-state index < -0.39 is 0 Å². The van der Waals surface area contributed by atoms with Gasteiger partial charge in [-0.05, 0) is 31.5 Å². The van der Waals surface area contributed by atoms with E-state index in [1.54, 1.807) is 16.6 Å². The summed E-state index contributed by atoms with van der Waals surface area (Å²) >= 11 is 0. The molecule has 0 aliphatic carbocycles. The lowest BCUT2D eigenvalue weighted by molar-refractivity contribution is -0.109. The van der Waals surface area contributed by atoms with E-state index in [-0.39, 0.29) is 0 Å². The van der Waals surface area contributed by atoms with Crippen LogP contribution in [0.3, 0.4) is 0 Å². The van der Waals surface area contributed by atoms with Crippen LogP contribution in [0.25, 0.3) is 0 Å². The minimum absolute atomic E-state index is 0.403. The maximum absolute atomic E-state index is 8.94. The van der Waals surface area contributed by atoms with Crippen LogP contribution < -0.4 is 26.9 Å². The first-order valence-corrected chi connectivity index (χ1v) is 8.02.